The second kappa shape index (κ2) is 11.5. The van der Waals surface area contributed by atoms with Crippen LogP contribution in [0.4, 0.5) is 17.1 Å². The first-order valence-corrected chi connectivity index (χ1v) is 16.3. The van der Waals surface area contributed by atoms with Crippen molar-refractivity contribution in [2.75, 3.05) is 41.1 Å². The molecule has 0 saturated carbocycles. The second-order valence-corrected chi connectivity index (χ2v) is 13.8. The van der Waals surface area contributed by atoms with Crippen LogP contribution >= 0.6 is 0 Å². The first-order valence-electron chi connectivity index (χ1n) is 14.9. The lowest BCUT2D eigenvalue weighted by Gasteiger charge is -2.44. The van der Waals surface area contributed by atoms with Gasteiger partial charge in [0.1, 0.15) is 0 Å². The van der Waals surface area contributed by atoms with E-state index < -0.39 is 10.0 Å². The van der Waals surface area contributed by atoms with E-state index in [4.69, 9.17) is 0 Å². The maximum atomic E-state index is 13.6. The molecular weight excluding hydrogens is 566 g/mol. The van der Waals surface area contributed by atoms with Gasteiger partial charge in [-0.25, -0.2) is 8.42 Å². The highest BCUT2D eigenvalue weighted by molar-refractivity contribution is 7.92. The van der Waals surface area contributed by atoms with E-state index in [1.54, 1.807) is 36.4 Å². The number of carbonyl (C=O) groups excluding carboxylic acids is 2. The summed E-state index contributed by atoms with van der Waals surface area (Å²) in [5.74, 6) is 0.576. The lowest BCUT2D eigenvalue weighted by molar-refractivity contribution is -0.114. The van der Waals surface area contributed by atoms with E-state index in [2.05, 4.69) is 21.9 Å². The molecule has 2 saturated heterocycles. The molecule has 4 heterocycles. The zero-order valence-corrected chi connectivity index (χ0v) is 25.3. The molecule has 3 aliphatic heterocycles. The van der Waals surface area contributed by atoms with Crippen molar-refractivity contribution in [2.24, 2.45) is 11.8 Å². The Balaban J connectivity index is 1.33. The Morgan fingerprint density at radius 1 is 0.930 bits per heavy atom. The van der Waals surface area contributed by atoms with Crippen molar-refractivity contribution >= 4 is 38.9 Å². The van der Waals surface area contributed by atoms with Crippen molar-refractivity contribution < 1.29 is 18.0 Å². The largest absolute Gasteiger partial charge is 0.369 e. The number of piperidine rings is 2. The smallest absolute Gasteiger partial charge is 0.261 e. The van der Waals surface area contributed by atoms with Gasteiger partial charge in [0.15, 0.2) is 0 Å². The van der Waals surface area contributed by atoms with Gasteiger partial charge in [-0.2, -0.15) is 0 Å². The molecule has 2 aromatic carbocycles. The molecule has 6 rings (SSSR count). The monoisotopic (exact) mass is 603 g/mol. The molecule has 2 fully saturated rings. The van der Waals surface area contributed by atoms with Crippen LogP contribution in [0.25, 0.3) is 0 Å². The molecule has 11 heteroatoms. The van der Waals surface area contributed by atoms with Gasteiger partial charge in [-0.15, -0.1) is 0 Å². The number of nitrogens with one attached hydrogen (secondary N) is 2. The summed E-state index contributed by atoms with van der Waals surface area (Å²) in [5.41, 5.74) is 2.98. The summed E-state index contributed by atoms with van der Waals surface area (Å²) in [6.45, 7) is 6.84. The van der Waals surface area contributed by atoms with Gasteiger partial charge in [0.2, 0.25) is 5.91 Å². The molecule has 43 heavy (non-hydrogen) atoms. The Morgan fingerprint density at radius 3 is 2.40 bits per heavy atom. The molecule has 3 aromatic rings. The molecule has 0 radical (unpaired) electrons. The van der Waals surface area contributed by atoms with Crippen LogP contribution in [0.2, 0.25) is 0 Å². The second-order valence-electron chi connectivity index (χ2n) is 12.1. The summed E-state index contributed by atoms with van der Waals surface area (Å²) < 4.78 is 31.9. The number of pyridine rings is 1. The molecule has 2 N–H and O–H groups in total. The number of benzene rings is 2. The molecule has 0 aliphatic carbocycles. The van der Waals surface area contributed by atoms with E-state index in [0.29, 0.717) is 61.3 Å². The predicted molar refractivity (Wildman–Crippen MR) is 166 cm³/mol. The summed E-state index contributed by atoms with van der Waals surface area (Å²) in [4.78, 5) is 41.5. The molecule has 2 atom stereocenters. The Labute approximate surface area is 251 Å². The van der Waals surface area contributed by atoms with Crippen LogP contribution in [0.15, 0.2) is 70.4 Å². The topological polar surface area (TPSA) is 121 Å². The van der Waals surface area contributed by atoms with E-state index in [1.807, 2.05) is 21.6 Å². The number of sulfonamides is 1. The van der Waals surface area contributed by atoms with Gasteiger partial charge in [-0.05, 0) is 79.6 Å². The number of rotatable bonds is 6. The van der Waals surface area contributed by atoms with Gasteiger partial charge in [0, 0.05) is 68.6 Å². The van der Waals surface area contributed by atoms with Crippen LogP contribution in [0.3, 0.4) is 0 Å². The SMILES string of the molecule is CC(=O)Nc1ccc(S(=O)(=O)Nc2cc(C(=O)N3CCC(C)CC3)ccc2N2CC3CC(C2)c2cccc(=O)n2C3)cc1. The average molecular weight is 604 g/mol. The quantitative estimate of drug-likeness (QED) is 0.438. The number of likely N-dealkylation sites (tertiary alicyclic amines) is 1. The molecule has 2 bridgehead atoms. The summed E-state index contributed by atoms with van der Waals surface area (Å²) >= 11 is 0. The van der Waals surface area contributed by atoms with Crippen molar-refractivity contribution in [3.05, 3.63) is 82.3 Å². The molecule has 226 valence electrons. The fourth-order valence-electron chi connectivity index (χ4n) is 6.64. The number of fused-ring (bicyclic) bond motifs is 4. The van der Waals surface area contributed by atoms with Gasteiger partial charge in [-0.1, -0.05) is 13.0 Å². The lowest BCUT2D eigenvalue weighted by Crippen LogP contribution is -2.47. The summed E-state index contributed by atoms with van der Waals surface area (Å²) in [5, 5.41) is 2.64. The Hall–Kier alpha value is -4.12. The standard InChI is InChI=1S/C32H37N5O5S/c1-21-12-14-35(15-13-21)32(40)24-6-11-30(36-18-23-16-25(20-36)29-4-3-5-31(39)37(29)19-23)28(17-24)34-43(41,42)27-9-7-26(8-10-27)33-22(2)38/h3-11,17,21,23,25,34H,12-16,18-20H2,1-2H3,(H,33,38). The van der Waals surface area contributed by atoms with Crippen molar-refractivity contribution in [2.45, 2.75) is 50.5 Å². The Morgan fingerprint density at radius 2 is 1.67 bits per heavy atom. The lowest BCUT2D eigenvalue weighted by atomic mass is 9.83. The first-order chi connectivity index (χ1) is 20.6. The first kappa shape index (κ1) is 29.0. The third-order valence-electron chi connectivity index (χ3n) is 8.86. The zero-order valence-electron chi connectivity index (χ0n) is 24.5. The van der Waals surface area contributed by atoms with Crippen LogP contribution in [-0.2, 0) is 21.4 Å². The normalized spacial score (nSPS) is 20.3. The molecular formula is C32H37N5O5S. The van der Waals surface area contributed by atoms with Crippen LogP contribution in [0.1, 0.15) is 55.1 Å². The van der Waals surface area contributed by atoms with E-state index in [9.17, 15) is 22.8 Å². The minimum Gasteiger partial charge on any atom is -0.369 e. The number of aromatic nitrogens is 1. The zero-order chi connectivity index (χ0) is 30.3. The minimum absolute atomic E-state index is 0.00796. The van der Waals surface area contributed by atoms with E-state index >= 15 is 0 Å². The summed E-state index contributed by atoms with van der Waals surface area (Å²) in [6.07, 6.45) is 2.85. The highest BCUT2D eigenvalue weighted by Crippen LogP contribution is 2.40. The van der Waals surface area contributed by atoms with Crippen LogP contribution in [-0.4, -0.2) is 55.9 Å². The van der Waals surface area contributed by atoms with E-state index in [0.717, 1.165) is 25.0 Å². The van der Waals surface area contributed by atoms with Gasteiger partial charge < -0.3 is 19.7 Å². The maximum Gasteiger partial charge on any atom is 0.261 e. The third kappa shape index (κ3) is 6.04. The molecule has 2 unspecified atom stereocenters. The third-order valence-corrected chi connectivity index (χ3v) is 10.2. The number of carbonyl (C=O) groups is 2. The fraction of sp³-hybridized carbons (Fsp3) is 0.406. The molecule has 2 amide bonds. The van der Waals surface area contributed by atoms with Gasteiger partial charge in [0.25, 0.3) is 21.5 Å². The minimum atomic E-state index is -4.03. The van der Waals surface area contributed by atoms with E-state index in [1.165, 1.54) is 19.1 Å². The highest BCUT2D eigenvalue weighted by atomic mass is 32.2. The van der Waals surface area contributed by atoms with Gasteiger partial charge in [-0.3, -0.25) is 19.1 Å². The highest BCUT2D eigenvalue weighted by Gasteiger charge is 2.36. The number of nitrogens with zero attached hydrogens (tertiary/aromatic N) is 3. The molecule has 0 spiro atoms. The van der Waals surface area contributed by atoms with Crippen LogP contribution < -0.4 is 20.5 Å². The van der Waals surface area contributed by atoms with Crippen molar-refractivity contribution in [1.29, 1.82) is 0 Å². The predicted octanol–water partition coefficient (Wildman–Crippen LogP) is 4.10. The number of hydrogen-bond acceptors (Lipinski definition) is 6. The van der Waals surface area contributed by atoms with Crippen molar-refractivity contribution in [1.82, 2.24) is 9.47 Å². The van der Waals surface area contributed by atoms with Crippen LogP contribution in [0.5, 0.6) is 0 Å². The van der Waals surface area contributed by atoms with Crippen LogP contribution in [0, 0.1) is 11.8 Å². The van der Waals surface area contributed by atoms with Crippen molar-refractivity contribution in [3.8, 4) is 0 Å². The number of anilines is 3. The average Bonchev–Trinajstić information content (AvgIpc) is 2.97. The van der Waals surface area contributed by atoms with Crippen molar-refractivity contribution in [3.63, 3.8) is 0 Å². The Kier molecular flexibility index (Phi) is 7.76. The summed E-state index contributed by atoms with van der Waals surface area (Å²) in [6, 6.07) is 16.6. The molecule has 10 nitrogen and oxygen atoms in total. The van der Waals surface area contributed by atoms with Gasteiger partial charge in [0.05, 0.1) is 16.3 Å². The molecule has 3 aliphatic rings. The maximum absolute atomic E-state index is 13.6. The number of amides is 2. The molecule has 1 aromatic heterocycles. The fourth-order valence-corrected chi connectivity index (χ4v) is 7.70. The van der Waals surface area contributed by atoms with E-state index in [-0.39, 0.29) is 34.1 Å². The number of hydrogen-bond donors (Lipinski definition) is 2. The Bertz CT molecular complexity index is 1710. The summed E-state index contributed by atoms with van der Waals surface area (Å²) in [7, 11) is -4.03. The van der Waals surface area contributed by atoms with Gasteiger partial charge >= 0.3 is 0 Å².